The van der Waals surface area contributed by atoms with Crippen LogP contribution in [-0.4, -0.2) is 36.9 Å². The van der Waals surface area contributed by atoms with Crippen LogP contribution < -0.4 is 15.4 Å². The van der Waals surface area contributed by atoms with Crippen LogP contribution in [0.15, 0.2) is 24.3 Å². The Morgan fingerprint density at radius 2 is 1.90 bits per heavy atom. The van der Waals surface area contributed by atoms with Crippen molar-refractivity contribution in [1.29, 1.82) is 0 Å². The molecule has 0 aliphatic rings. The van der Waals surface area contributed by atoms with Crippen LogP contribution in [-0.2, 0) is 0 Å². The molecule has 0 heterocycles. The summed E-state index contributed by atoms with van der Waals surface area (Å²) in [5.74, 6) is 1.29. The summed E-state index contributed by atoms with van der Waals surface area (Å²) in [6.45, 7) is 6.76. The number of nitrogens with one attached hydrogen (secondary N) is 2. The van der Waals surface area contributed by atoms with Crippen molar-refractivity contribution in [2.75, 3.05) is 19.8 Å². The van der Waals surface area contributed by atoms with Crippen LogP contribution in [0.2, 0.25) is 0 Å². The molecule has 1 unspecified atom stereocenters. The molecule has 1 aromatic rings. The van der Waals surface area contributed by atoms with E-state index in [4.69, 9.17) is 9.84 Å². The van der Waals surface area contributed by atoms with E-state index in [1.807, 2.05) is 24.3 Å². The molecule has 0 aromatic heterocycles. The molecule has 0 aliphatic carbocycles. The van der Waals surface area contributed by atoms with Gasteiger partial charge in [-0.05, 0) is 30.5 Å². The number of aliphatic hydroxyl groups is 1. The van der Waals surface area contributed by atoms with E-state index in [0.717, 1.165) is 5.75 Å². The van der Waals surface area contributed by atoms with Gasteiger partial charge < -0.3 is 20.5 Å². The normalized spacial score (nSPS) is 12.1. The Morgan fingerprint density at radius 3 is 2.45 bits per heavy atom. The molecule has 5 heteroatoms. The highest BCUT2D eigenvalue weighted by Gasteiger charge is 2.04. The van der Waals surface area contributed by atoms with E-state index in [9.17, 15) is 4.79 Å². The Bertz CT molecular complexity index is 404. The molecule has 1 atom stereocenters. The largest absolute Gasteiger partial charge is 0.492 e. The van der Waals surface area contributed by atoms with E-state index in [1.54, 1.807) is 6.92 Å². The SMILES string of the molecule is CC(CO)NC(=O)NCCOc1ccc(C(C)C)cc1. The minimum Gasteiger partial charge on any atom is -0.492 e. The molecule has 0 saturated heterocycles. The standard InChI is InChI=1S/C15H24N2O3/c1-11(2)13-4-6-14(7-5-13)20-9-8-16-15(19)17-12(3)10-18/h4-7,11-12,18H,8-10H2,1-3H3,(H2,16,17,19). The summed E-state index contributed by atoms with van der Waals surface area (Å²) in [6, 6.07) is 7.41. The second kappa shape index (κ2) is 8.43. The van der Waals surface area contributed by atoms with Crippen molar-refractivity contribution in [3.63, 3.8) is 0 Å². The molecule has 0 fully saturated rings. The van der Waals surface area contributed by atoms with E-state index in [0.29, 0.717) is 19.1 Å². The highest BCUT2D eigenvalue weighted by atomic mass is 16.5. The maximum atomic E-state index is 11.4. The number of carbonyl (C=O) groups is 1. The molecule has 0 spiro atoms. The second-order valence-electron chi connectivity index (χ2n) is 5.06. The molecule has 3 N–H and O–H groups in total. The maximum Gasteiger partial charge on any atom is 0.315 e. The van der Waals surface area contributed by atoms with Crippen molar-refractivity contribution in [2.24, 2.45) is 0 Å². The number of carbonyl (C=O) groups excluding carboxylic acids is 1. The van der Waals surface area contributed by atoms with Gasteiger partial charge in [-0.25, -0.2) is 4.79 Å². The quantitative estimate of drug-likeness (QED) is 0.668. The lowest BCUT2D eigenvalue weighted by Crippen LogP contribution is -2.43. The summed E-state index contributed by atoms with van der Waals surface area (Å²) in [4.78, 5) is 11.4. The first-order valence-corrected chi connectivity index (χ1v) is 6.91. The van der Waals surface area contributed by atoms with Gasteiger partial charge in [0.25, 0.3) is 0 Å². The highest BCUT2D eigenvalue weighted by Crippen LogP contribution is 2.18. The van der Waals surface area contributed by atoms with Gasteiger partial charge in [0, 0.05) is 0 Å². The average molecular weight is 280 g/mol. The number of hydrogen-bond acceptors (Lipinski definition) is 3. The van der Waals surface area contributed by atoms with Gasteiger partial charge in [-0.3, -0.25) is 0 Å². The first-order chi connectivity index (χ1) is 9.52. The molecule has 112 valence electrons. The highest BCUT2D eigenvalue weighted by molar-refractivity contribution is 5.74. The Balaban J connectivity index is 2.22. The monoisotopic (exact) mass is 280 g/mol. The number of urea groups is 1. The molecule has 0 aliphatic heterocycles. The van der Waals surface area contributed by atoms with Gasteiger partial charge in [-0.1, -0.05) is 26.0 Å². The van der Waals surface area contributed by atoms with E-state index in [-0.39, 0.29) is 18.7 Å². The minimum absolute atomic E-state index is 0.0773. The number of amides is 2. The van der Waals surface area contributed by atoms with Gasteiger partial charge in [0.05, 0.1) is 19.2 Å². The van der Waals surface area contributed by atoms with Gasteiger partial charge in [-0.2, -0.15) is 0 Å². The smallest absolute Gasteiger partial charge is 0.315 e. The zero-order chi connectivity index (χ0) is 15.0. The predicted molar refractivity (Wildman–Crippen MR) is 79.1 cm³/mol. The summed E-state index contributed by atoms with van der Waals surface area (Å²) in [7, 11) is 0. The summed E-state index contributed by atoms with van der Waals surface area (Å²) < 4.78 is 5.53. The number of hydrogen-bond donors (Lipinski definition) is 3. The topological polar surface area (TPSA) is 70.6 Å². The number of rotatable bonds is 7. The van der Waals surface area contributed by atoms with Gasteiger partial charge in [-0.15, -0.1) is 0 Å². The summed E-state index contributed by atoms with van der Waals surface area (Å²) in [5.41, 5.74) is 1.27. The van der Waals surface area contributed by atoms with Crippen molar-refractivity contribution in [3.8, 4) is 5.75 Å². The lowest BCUT2D eigenvalue weighted by molar-refractivity contribution is 0.218. The number of ether oxygens (including phenoxy) is 1. The van der Waals surface area contributed by atoms with E-state index in [2.05, 4.69) is 24.5 Å². The number of aliphatic hydroxyl groups excluding tert-OH is 1. The maximum absolute atomic E-state index is 11.4. The summed E-state index contributed by atoms with van der Waals surface area (Å²) in [5, 5.41) is 14.1. The first kappa shape index (κ1) is 16.3. The minimum atomic E-state index is -0.301. The van der Waals surface area contributed by atoms with E-state index < -0.39 is 0 Å². The third-order valence-corrected chi connectivity index (χ3v) is 2.85. The van der Waals surface area contributed by atoms with Crippen LogP contribution >= 0.6 is 0 Å². The number of benzene rings is 1. The Morgan fingerprint density at radius 1 is 1.25 bits per heavy atom. The predicted octanol–water partition coefficient (Wildman–Crippen LogP) is 1.87. The Hall–Kier alpha value is -1.75. The molecule has 5 nitrogen and oxygen atoms in total. The molecule has 2 amide bonds. The van der Waals surface area contributed by atoms with Crippen LogP contribution in [0.4, 0.5) is 4.79 Å². The van der Waals surface area contributed by atoms with Crippen LogP contribution in [0.3, 0.4) is 0 Å². The van der Waals surface area contributed by atoms with Gasteiger partial charge in [0.2, 0.25) is 0 Å². The zero-order valence-corrected chi connectivity index (χ0v) is 12.3. The van der Waals surface area contributed by atoms with Gasteiger partial charge >= 0.3 is 6.03 Å². The van der Waals surface area contributed by atoms with Crippen molar-refractivity contribution in [3.05, 3.63) is 29.8 Å². The van der Waals surface area contributed by atoms with Crippen molar-refractivity contribution < 1.29 is 14.6 Å². The van der Waals surface area contributed by atoms with E-state index >= 15 is 0 Å². The summed E-state index contributed by atoms with van der Waals surface area (Å²) >= 11 is 0. The van der Waals surface area contributed by atoms with Crippen LogP contribution in [0.1, 0.15) is 32.3 Å². The molecule has 0 radical (unpaired) electrons. The molecule has 0 bridgehead atoms. The van der Waals surface area contributed by atoms with Crippen molar-refractivity contribution in [1.82, 2.24) is 10.6 Å². The first-order valence-electron chi connectivity index (χ1n) is 6.91. The van der Waals surface area contributed by atoms with Gasteiger partial charge in [0.1, 0.15) is 12.4 Å². The van der Waals surface area contributed by atoms with Crippen LogP contribution in [0, 0.1) is 0 Å². The summed E-state index contributed by atoms with van der Waals surface area (Å²) in [6.07, 6.45) is 0. The fourth-order valence-corrected chi connectivity index (χ4v) is 1.60. The van der Waals surface area contributed by atoms with Crippen LogP contribution in [0.5, 0.6) is 5.75 Å². The van der Waals surface area contributed by atoms with Crippen LogP contribution in [0.25, 0.3) is 0 Å². The van der Waals surface area contributed by atoms with Gasteiger partial charge in [0.15, 0.2) is 0 Å². The molecular weight excluding hydrogens is 256 g/mol. The molecule has 20 heavy (non-hydrogen) atoms. The lowest BCUT2D eigenvalue weighted by Gasteiger charge is -2.12. The van der Waals surface area contributed by atoms with E-state index in [1.165, 1.54) is 5.56 Å². The zero-order valence-electron chi connectivity index (χ0n) is 12.3. The Kier molecular flexibility index (Phi) is 6.87. The van der Waals surface area contributed by atoms with Crippen molar-refractivity contribution in [2.45, 2.75) is 32.7 Å². The third-order valence-electron chi connectivity index (χ3n) is 2.85. The molecule has 0 saturated carbocycles. The lowest BCUT2D eigenvalue weighted by atomic mass is 10.0. The van der Waals surface area contributed by atoms with Crippen molar-refractivity contribution >= 4 is 6.03 Å². The molecular formula is C15H24N2O3. The molecule has 1 aromatic carbocycles. The third kappa shape index (κ3) is 5.93. The second-order valence-corrected chi connectivity index (χ2v) is 5.06. The molecule has 1 rings (SSSR count). The fraction of sp³-hybridized carbons (Fsp3) is 0.533. The average Bonchev–Trinajstić information content (AvgIpc) is 2.44. The fourth-order valence-electron chi connectivity index (χ4n) is 1.60. The Labute approximate surface area is 120 Å².